The second-order valence-electron chi connectivity index (χ2n) is 5.54. The third kappa shape index (κ3) is 3.54. The molecule has 0 aliphatic heterocycles. The molecule has 12 heteroatoms. The molecule has 0 radical (unpaired) electrons. The summed E-state index contributed by atoms with van der Waals surface area (Å²) < 4.78 is 26.8. The number of carbonyl (C=O) groups is 3. The number of rotatable bonds is 4. The van der Waals surface area contributed by atoms with Crippen LogP contribution in [0, 0.1) is 0 Å². The highest BCUT2D eigenvalue weighted by molar-refractivity contribution is 7.94. The van der Waals surface area contributed by atoms with Crippen LogP contribution in [0.3, 0.4) is 0 Å². The van der Waals surface area contributed by atoms with Gasteiger partial charge in [-0.25, -0.2) is 13.2 Å². The quantitative estimate of drug-likeness (QED) is 0.363. The minimum Gasteiger partial charge on any atom is -0.474 e. The first-order valence-corrected chi connectivity index (χ1v) is 10.0. The van der Waals surface area contributed by atoms with E-state index in [1.165, 1.54) is 19.2 Å². The van der Waals surface area contributed by atoms with Crippen molar-refractivity contribution in [3.05, 3.63) is 47.5 Å². The van der Waals surface area contributed by atoms with Crippen LogP contribution in [0.1, 0.15) is 10.5 Å². The first-order chi connectivity index (χ1) is 13.2. The summed E-state index contributed by atoms with van der Waals surface area (Å²) in [5.41, 5.74) is 4.42. The molecule has 146 valence electrons. The van der Waals surface area contributed by atoms with E-state index in [4.69, 9.17) is 5.11 Å². The summed E-state index contributed by atoms with van der Waals surface area (Å²) in [6.07, 6.45) is 0. The van der Waals surface area contributed by atoms with Gasteiger partial charge in [-0.15, -0.1) is 11.3 Å². The fourth-order valence-electron chi connectivity index (χ4n) is 2.43. The maximum atomic E-state index is 12.8. The minimum absolute atomic E-state index is 0.00932. The second-order valence-corrected chi connectivity index (χ2v) is 8.69. The summed E-state index contributed by atoms with van der Waals surface area (Å²) in [6, 6.07) is 9.47. The number of carboxylic acids is 1. The average Bonchev–Trinajstić information content (AvgIpc) is 3.34. The van der Waals surface area contributed by atoms with Crippen LogP contribution in [-0.2, 0) is 19.6 Å². The minimum atomic E-state index is -3.77. The number of amides is 2. The van der Waals surface area contributed by atoms with Crippen molar-refractivity contribution in [2.24, 2.45) is 0 Å². The molecule has 0 unspecified atom stereocenters. The normalized spacial score (nSPS) is 11.2. The van der Waals surface area contributed by atoms with Gasteiger partial charge in [-0.1, -0.05) is 18.2 Å². The maximum absolute atomic E-state index is 12.8. The number of para-hydroxylation sites is 1. The number of carbonyl (C=O) groups excluding carboxylic acids is 2. The molecule has 28 heavy (non-hydrogen) atoms. The van der Waals surface area contributed by atoms with Gasteiger partial charge in [0.05, 0.1) is 11.2 Å². The van der Waals surface area contributed by atoms with Gasteiger partial charge in [0.1, 0.15) is 9.90 Å². The van der Waals surface area contributed by atoms with E-state index in [9.17, 15) is 22.8 Å². The lowest BCUT2D eigenvalue weighted by Gasteiger charge is -2.19. The summed E-state index contributed by atoms with van der Waals surface area (Å²) in [5, 5.41) is 10.7. The number of nitrogens with zero attached hydrogens (tertiary/aromatic N) is 1. The Kier molecular flexibility index (Phi) is 5.07. The number of hydrazine groups is 1. The molecule has 2 aromatic heterocycles. The molecule has 0 aliphatic carbocycles. The highest BCUT2D eigenvalue weighted by Gasteiger charge is 2.24. The topological polar surface area (TPSA) is 149 Å². The van der Waals surface area contributed by atoms with E-state index in [1.807, 2.05) is 5.43 Å². The van der Waals surface area contributed by atoms with E-state index >= 15 is 0 Å². The highest BCUT2D eigenvalue weighted by Crippen LogP contribution is 2.31. The molecule has 1 aromatic carbocycles. The molecule has 0 saturated heterocycles. The van der Waals surface area contributed by atoms with Gasteiger partial charge in [-0.3, -0.25) is 24.7 Å². The molecule has 3 rings (SSSR count). The number of benzene rings is 1. The number of anilines is 1. The first-order valence-electron chi connectivity index (χ1n) is 7.69. The zero-order chi connectivity index (χ0) is 20.5. The van der Waals surface area contributed by atoms with Crippen LogP contribution >= 0.6 is 11.3 Å². The summed E-state index contributed by atoms with van der Waals surface area (Å²) in [7, 11) is -2.37. The van der Waals surface area contributed by atoms with Crippen molar-refractivity contribution in [3.8, 4) is 0 Å². The number of hydrogen-bond acceptors (Lipinski definition) is 6. The molecule has 4 N–H and O–H groups in total. The highest BCUT2D eigenvalue weighted by atomic mass is 32.2. The van der Waals surface area contributed by atoms with Gasteiger partial charge in [-0.2, -0.15) is 0 Å². The third-order valence-electron chi connectivity index (χ3n) is 3.81. The number of H-pyrrole nitrogens is 1. The second kappa shape index (κ2) is 7.32. The number of aromatic amines is 1. The Hall–Kier alpha value is -3.38. The van der Waals surface area contributed by atoms with Crippen molar-refractivity contribution < 1.29 is 27.9 Å². The molecule has 2 amide bonds. The van der Waals surface area contributed by atoms with Crippen LogP contribution in [0.15, 0.2) is 46.0 Å². The molecule has 0 aliphatic rings. The Bertz CT molecular complexity index is 1170. The summed E-state index contributed by atoms with van der Waals surface area (Å²) in [5.74, 6) is -3.94. The van der Waals surface area contributed by atoms with E-state index in [-0.39, 0.29) is 9.90 Å². The summed E-state index contributed by atoms with van der Waals surface area (Å²) in [6.45, 7) is 0. The van der Waals surface area contributed by atoms with Gasteiger partial charge in [0, 0.05) is 12.4 Å². The van der Waals surface area contributed by atoms with Crippen molar-refractivity contribution in [1.29, 1.82) is 0 Å². The monoisotopic (exact) mass is 422 g/mol. The van der Waals surface area contributed by atoms with Gasteiger partial charge in [0.15, 0.2) is 0 Å². The molecule has 0 bridgehead atoms. The number of aromatic nitrogens is 1. The van der Waals surface area contributed by atoms with Crippen LogP contribution in [0.5, 0.6) is 0 Å². The van der Waals surface area contributed by atoms with Gasteiger partial charge in [0.2, 0.25) is 0 Å². The predicted molar refractivity (Wildman–Crippen MR) is 101 cm³/mol. The van der Waals surface area contributed by atoms with Crippen LogP contribution in [0.4, 0.5) is 5.69 Å². The van der Waals surface area contributed by atoms with Gasteiger partial charge in [0.25, 0.3) is 15.9 Å². The van der Waals surface area contributed by atoms with Crippen molar-refractivity contribution in [3.63, 3.8) is 0 Å². The Morgan fingerprint density at radius 2 is 1.89 bits per heavy atom. The third-order valence-corrected chi connectivity index (χ3v) is 6.96. The van der Waals surface area contributed by atoms with Crippen LogP contribution < -0.4 is 15.2 Å². The number of fused-ring (bicyclic) bond motifs is 1. The van der Waals surface area contributed by atoms with E-state index in [1.54, 1.807) is 35.1 Å². The van der Waals surface area contributed by atoms with E-state index in [0.717, 1.165) is 15.6 Å². The van der Waals surface area contributed by atoms with E-state index in [2.05, 4.69) is 4.98 Å². The Morgan fingerprint density at radius 1 is 1.14 bits per heavy atom. The molecule has 3 aromatic rings. The smallest absolute Gasteiger partial charge is 0.396 e. The predicted octanol–water partition coefficient (Wildman–Crippen LogP) is 0.900. The average molecular weight is 422 g/mol. The number of hydrogen-bond donors (Lipinski definition) is 4. The van der Waals surface area contributed by atoms with E-state index < -0.39 is 27.8 Å². The van der Waals surface area contributed by atoms with Gasteiger partial charge in [-0.05, 0) is 23.6 Å². The SMILES string of the molecule is CN(c1cccc2cc(C(=O)NNC(=O)C(=O)O)[nH]c12)S(=O)(=O)c1cccs1. The number of aliphatic carboxylic acids is 1. The fourth-order valence-corrected chi connectivity index (χ4v) is 4.80. The van der Waals surface area contributed by atoms with Gasteiger partial charge < -0.3 is 10.1 Å². The molecule has 0 spiro atoms. The first kappa shape index (κ1) is 19.4. The maximum Gasteiger partial charge on any atom is 0.396 e. The van der Waals surface area contributed by atoms with Crippen molar-refractivity contribution in [1.82, 2.24) is 15.8 Å². The molecule has 0 fully saturated rings. The number of sulfonamides is 1. The van der Waals surface area contributed by atoms with Crippen LogP contribution in [0.2, 0.25) is 0 Å². The van der Waals surface area contributed by atoms with Crippen LogP contribution in [-0.4, -0.2) is 43.3 Å². The molecule has 10 nitrogen and oxygen atoms in total. The zero-order valence-corrected chi connectivity index (χ0v) is 15.9. The largest absolute Gasteiger partial charge is 0.474 e. The number of carboxylic acid groups (broad SMARTS) is 1. The Labute approximate surface area is 162 Å². The summed E-state index contributed by atoms with van der Waals surface area (Å²) >= 11 is 1.09. The lowest BCUT2D eigenvalue weighted by Crippen LogP contribution is -2.44. The molecular formula is C16H14N4O6S2. The Morgan fingerprint density at radius 3 is 2.54 bits per heavy atom. The number of nitrogens with one attached hydrogen (secondary N) is 3. The lowest BCUT2D eigenvalue weighted by atomic mass is 10.2. The summed E-state index contributed by atoms with van der Waals surface area (Å²) in [4.78, 5) is 36.4. The van der Waals surface area contributed by atoms with E-state index in [0.29, 0.717) is 16.6 Å². The molecule has 2 heterocycles. The van der Waals surface area contributed by atoms with Crippen molar-refractivity contribution in [2.45, 2.75) is 4.21 Å². The number of thiophene rings is 1. The fraction of sp³-hybridized carbons (Fsp3) is 0.0625. The standard InChI is InChI=1S/C16H14N4O6S2/c1-20(28(25,26)12-6-3-7-27-12)11-5-2-4-9-8-10(17-13(9)11)14(21)18-19-15(22)16(23)24/h2-8,17H,1H3,(H,18,21)(H,19,22)(H,23,24). The molecular weight excluding hydrogens is 408 g/mol. The molecule has 0 atom stereocenters. The van der Waals surface area contributed by atoms with Crippen LogP contribution in [0.25, 0.3) is 10.9 Å². The van der Waals surface area contributed by atoms with Gasteiger partial charge >= 0.3 is 11.9 Å². The van der Waals surface area contributed by atoms with Crippen molar-refractivity contribution >= 4 is 55.7 Å². The zero-order valence-electron chi connectivity index (χ0n) is 14.3. The van der Waals surface area contributed by atoms with Crippen molar-refractivity contribution in [2.75, 3.05) is 11.4 Å². The molecule has 0 saturated carbocycles. The Balaban J connectivity index is 1.93. The lowest BCUT2D eigenvalue weighted by molar-refractivity contribution is -0.150.